The van der Waals surface area contributed by atoms with Gasteiger partial charge < -0.3 is 15.9 Å². The summed E-state index contributed by atoms with van der Waals surface area (Å²) < 4.78 is 0. The molecule has 0 fully saturated rings. The van der Waals surface area contributed by atoms with Crippen molar-refractivity contribution in [1.82, 2.24) is 4.90 Å². The maximum atomic E-state index is 10.6. The van der Waals surface area contributed by atoms with E-state index >= 15 is 0 Å². The van der Waals surface area contributed by atoms with E-state index in [1.807, 2.05) is 0 Å². The first-order valence-electron chi connectivity index (χ1n) is 5.42. The Labute approximate surface area is 111 Å². The summed E-state index contributed by atoms with van der Waals surface area (Å²) in [4.78, 5) is 12.6. The second-order valence-electron chi connectivity index (χ2n) is 4.02. The normalized spacial score (nSPS) is 12.3. The molecule has 0 bridgehead atoms. The van der Waals surface area contributed by atoms with Crippen molar-refractivity contribution in [2.75, 3.05) is 13.6 Å². The first-order valence-corrected chi connectivity index (χ1v) is 5.83. The largest absolute Gasteiger partial charge is 0.508 e. The van der Waals surface area contributed by atoms with Gasteiger partial charge in [0.05, 0.1) is 17.5 Å². The van der Waals surface area contributed by atoms with Crippen LogP contribution in [-0.2, 0) is 4.79 Å². The van der Waals surface area contributed by atoms with Gasteiger partial charge in [-0.15, -0.1) is 0 Å². The topological polar surface area (TPSA) is 86.8 Å². The maximum Gasteiger partial charge on any atom is 0.304 e. The smallest absolute Gasteiger partial charge is 0.304 e. The van der Waals surface area contributed by atoms with Crippen LogP contribution in [0.1, 0.15) is 18.0 Å². The van der Waals surface area contributed by atoms with Gasteiger partial charge in [0, 0.05) is 6.54 Å². The lowest BCUT2D eigenvalue weighted by Gasteiger charge is -2.27. The minimum Gasteiger partial charge on any atom is -0.508 e. The van der Waals surface area contributed by atoms with Crippen LogP contribution in [0.4, 0.5) is 0 Å². The molecular formula is C12H16N2O3S. The Kier molecular flexibility index (Phi) is 5.06. The lowest BCUT2D eigenvalue weighted by Crippen LogP contribution is -2.35. The highest BCUT2D eigenvalue weighted by molar-refractivity contribution is 7.80. The molecule has 1 aromatic rings. The van der Waals surface area contributed by atoms with Crippen LogP contribution < -0.4 is 5.73 Å². The van der Waals surface area contributed by atoms with Gasteiger partial charge in [-0.3, -0.25) is 9.69 Å². The molecule has 0 saturated heterocycles. The summed E-state index contributed by atoms with van der Waals surface area (Å²) in [7, 11) is 1.76. The van der Waals surface area contributed by atoms with Crippen LogP contribution >= 0.6 is 12.2 Å². The van der Waals surface area contributed by atoms with Gasteiger partial charge >= 0.3 is 5.97 Å². The molecule has 0 aliphatic rings. The van der Waals surface area contributed by atoms with E-state index in [4.69, 9.17) is 23.1 Å². The number of likely N-dealkylation sites (N-methyl/N-ethyl adjacent to an activating group) is 1. The van der Waals surface area contributed by atoms with Crippen molar-refractivity contribution in [2.45, 2.75) is 12.5 Å². The minimum absolute atomic E-state index is 0.0215. The molecule has 6 heteroatoms. The van der Waals surface area contributed by atoms with Crippen molar-refractivity contribution in [2.24, 2.45) is 5.73 Å². The molecule has 0 saturated carbocycles. The summed E-state index contributed by atoms with van der Waals surface area (Å²) in [6.07, 6.45) is 0.0215. The van der Waals surface area contributed by atoms with Crippen LogP contribution in [0.3, 0.4) is 0 Å². The van der Waals surface area contributed by atoms with Gasteiger partial charge in [0.25, 0.3) is 0 Å². The number of carboxylic acid groups (broad SMARTS) is 1. The number of aliphatic carboxylic acids is 1. The third kappa shape index (κ3) is 3.97. The van der Waals surface area contributed by atoms with Crippen molar-refractivity contribution >= 4 is 23.2 Å². The fourth-order valence-electron chi connectivity index (χ4n) is 1.69. The number of hydrogen-bond acceptors (Lipinski definition) is 4. The predicted octanol–water partition coefficient (Wildman–Crippen LogP) is 1.13. The molecule has 1 atom stereocenters. The Hall–Kier alpha value is -1.66. The Morgan fingerprint density at radius 1 is 1.44 bits per heavy atom. The second kappa shape index (κ2) is 6.32. The number of carbonyl (C=O) groups is 1. The van der Waals surface area contributed by atoms with Gasteiger partial charge in [0.2, 0.25) is 0 Å². The standard InChI is InChI=1S/C12H16N2O3S/c1-14(7-6-10(16)17)11(12(13)18)8-2-4-9(15)5-3-8/h2-5,11,15H,6-7H2,1H3,(H2,13,18)(H,16,17). The van der Waals surface area contributed by atoms with E-state index in [0.717, 1.165) is 5.56 Å². The Morgan fingerprint density at radius 3 is 2.44 bits per heavy atom. The van der Waals surface area contributed by atoms with Gasteiger partial charge in [-0.1, -0.05) is 24.4 Å². The molecule has 0 aliphatic heterocycles. The third-order valence-electron chi connectivity index (χ3n) is 2.60. The van der Waals surface area contributed by atoms with Crippen molar-refractivity contribution < 1.29 is 15.0 Å². The van der Waals surface area contributed by atoms with Gasteiger partial charge in [-0.2, -0.15) is 0 Å². The SMILES string of the molecule is CN(CCC(=O)O)C(C(N)=S)c1ccc(O)cc1. The maximum absolute atomic E-state index is 10.6. The average molecular weight is 268 g/mol. The zero-order chi connectivity index (χ0) is 13.7. The minimum atomic E-state index is -0.866. The Morgan fingerprint density at radius 2 is 2.00 bits per heavy atom. The van der Waals surface area contributed by atoms with Crippen LogP contribution in [0.5, 0.6) is 5.75 Å². The number of thiocarbonyl (C=S) groups is 1. The van der Waals surface area contributed by atoms with E-state index in [1.54, 1.807) is 36.2 Å². The molecule has 1 rings (SSSR count). The Bertz CT molecular complexity index is 433. The van der Waals surface area contributed by atoms with Gasteiger partial charge in [0.15, 0.2) is 0 Å². The number of aromatic hydroxyl groups is 1. The number of phenols is 1. The molecule has 0 amide bonds. The summed E-state index contributed by atoms with van der Waals surface area (Å²) in [5, 5.41) is 17.9. The van der Waals surface area contributed by atoms with Crippen LogP contribution in [0.25, 0.3) is 0 Å². The first-order chi connectivity index (χ1) is 8.41. The predicted molar refractivity (Wildman–Crippen MR) is 72.5 cm³/mol. The highest BCUT2D eigenvalue weighted by Crippen LogP contribution is 2.22. The molecule has 0 aliphatic carbocycles. The summed E-state index contributed by atoms with van der Waals surface area (Å²) >= 11 is 5.01. The highest BCUT2D eigenvalue weighted by Gasteiger charge is 2.20. The number of carboxylic acids is 1. The van der Waals surface area contributed by atoms with E-state index < -0.39 is 5.97 Å². The van der Waals surface area contributed by atoms with Crippen molar-refractivity contribution in [3.05, 3.63) is 29.8 Å². The zero-order valence-electron chi connectivity index (χ0n) is 10.0. The summed E-state index contributed by atoms with van der Waals surface area (Å²) in [5.41, 5.74) is 6.52. The van der Waals surface area contributed by atoms with Crippen LogP contribution in [0.15, 0.2) is 24.3 Å². The molecule has 1 aromatic carbocycles. The van der Waals surface area contributed by atoms with Gasteiger partial charge in [-0.05, 0) is 24.7 Å². The molecule has 98 valence electrons. The Balaban J connectivity index is 2.85. The van der Waals surface area contributed by atoms with Crippen molar-refractivity contribution in [3.63, 3.8) is 0 Å². The highest BCUT2D eigenvalue weighted by atomic mass is 32.1. The number of benzene rings is 1. The lowest BCUT2D eigenvalue weighted by atomic mass is 10.1. The number of phenolic OH excluding ortho intramolecular Hbond substituents is 1. The lowest BCUT2D eigenvalue weighted by molar-refractivity contribution is -0.137. The molecule has 0 heterocycles. The molecule has 1 unspecified atom stereocenters. The van der Waals surface area contributed by atoms with Crippen molar-refractivity contribution in [1.29, 1.82) is 0 Å². The monoisotopic (exact) mass is 268 g/mol. The zero-order valence-corrected chi connectivity index (χ0v) is 10.9. The fraction of sp³-hybridized carbons (Fsp3) is 0.333. The number of hydrogen-bond donors (Lipinski definition) is 3. The van der Waals surface area contributed by atoms with Gasteiger partial charge in [-0.25, -0.2) is 0 Å². The van der Waals surface area contributed by atoms with E-state index in [1.165, 1.54) is 0 Å². The molecule has 5 nitrogen and oxygen atoms in total. The molecular weight excluding hydrogens is 252 g/mol. The average Bonchev–Trinajstić information content (AvgIpc) is 2.29. The first kappa shape index (κ1) is 14.4. The summed E-state index contributed by atoms with van der Waals surface area (Å²) in [5.74, 6) is -0.706. The molecule has 4 N–H and O–H groups in total. The van der Waals surface area contributed by atoms with E-state index in [2.05, 4.69) is 0 Å². The number of nitrogens with two attached hydrogens (primary N) is 1. The quantitative estimate of drug-likeness (QED) is 0.670. The molecule has 0 spiro atoms. The summed E-state index contributed by atoms with van der Waals surface area (Å²) in [6, 6.07) is 6.20. The molecule has 0 radical (unpaired) electrons. The number of nitrogens with zero attached hydrogens (tertiary/aromatic N) is 1. The van der Waals surface area contributed by atoms with Gasteiger partial charge in [0.1, 0.15) is 5.75 Å². The van der Waals surface area contributed by atoms with Crippen molar-refractivity contribution in [3.8, 4) is 5.75 Å². The second-order valence-corrected chi connectivity index (χ2v) is 4.49. The third-order valence-corrected chi connectivity index (χ3v) is 2.82. The van der Waals surface area contributed by atoms with E-state index in [9.17, 15) is 9.90 Å². The fourth-order valence-corrected chi connectivity index (χ4v) is 2.01. The number of rotatable bonds is 6. The van der Waals surface area contributed by atoms with E-state index in [0.29, 0.717) is 6.54 Å². The van der Waals surface area contributed by atoms with Crippen LogP contribution in [0, 0.1) is 0 Å². The molecule has 18 heavy (non-hydrogen) atoms. The van der Waals surface area contributed by atoms with E-state index in [-0.39, 0.29) is 23.2 Å². The van der Waals surface area contributed by atoms with Crippen LogP contribution in [-0.4, -0.2) is 39.7 Å². The molecule has 0 aromatic heterocycles. The summed E-state index contributed by atoms with van der Waals surface area (Å²) in [6.45, 7) is 0.345. The van der Waals surface area contributed by atoms with Crippen LogP contribution in [0.2, 0.25) is 0 Å².